The van der Waals surface area contributed by atoms with Crippen LogP contribution < -0.4 is 10.2 Å². The lowest BCUT2D eigenvalue weighted by atomic mass is 10.1. The van der Waals surface area contributed by atoms with Gasteiger partial charge in [-0.15, -0.1) is 5.10 Å². The molecule has 1 atom stereocenters. The third kappa shape index (κ3) is 4.62. The molecule has 0 unspecified atom stereocenters. The van der Waals surface area contributed by atoms with Crippen molar-refractivity contribution in [1.82, 2.24) is 15.5 Å². The number of ether oxygens (including phenoxy) is 2. The van der Waals surface area contributed by atoms with Gasteiger partial charge in [-0.2, -0.15) is 5.10 Å². The quantitative estimate of drug-likeness (QED) is 0.893. The highest BCUT2D eigenvalue weighted by Gasteiger charge is 2.24. The number of rotatable bonds is 4. The number of aromatic nitrogens is 2. The van der Waals surface area contributed by atoms with Crippen LogP contribution in [0.25, 0.3) is 0 Å². The minimum absolute atomic E-state index is 0.0151. The van der Waals surface area contributed by atoms with E-state index in [0.29, 0.717) is 13.2 Å². The van der Waals surface area contributed by atoms with Gasteiger partial charge in [-0.1, -0.05) is 0 Å². The second-order valence-corrected chi connectivity index (χ2v) is 6.11. The third-order valence-corrected chi connectivity index (χ3v) is 4.14. The molecule has 0 spiro atoms. The first-order chi connectivity index (χ1) is 11.2. The van der Waals surface area contributed by atoms with Crippen LogP contribution in [0, 0.1) is 6.92 Å². The molecule has 3 heterocycles. The maximum Gasteiger partial charge on any atom is 0.225 e. The van der Waals surface area contributed by atoms with E-state index in [1.807, 2.05) is 19.1 Å². The van der Waals surface area contributed by atoms with Gasteiger partial charge in [0.15, 0.2) is 12.1 Å². The smallest absolute Gasteiger partial charge is 0.225 e. The Morgan fingerprint density at radius 1 is 1.30 bits per heavy atom. The number of carbonyl (C=O) groups is 1. The summed E-state index contributed by atoms with van der Waals surface area (Å²) in [7, 11) is 0. The summed E-state index contributed by atoms with van der Waals surface area (Å²) in [4.78, 5) is 14.3. The molecule has 0 saturated carbocycles. The Morgan fingerprint density at radius 2 is 2.13 bits per heavy atom. The molecule has 7 nitrogen and oxygen atoms in total. The molecule has 0 aromatic carbocycles. The maximum absolute atomic E-state index is 12.1. The summed E-state index contributed by atoms with van der Waals surface area (Å²) in [5.41, 5.74) is 0.906. The lowest BCUT2D eigenvalue weighted by Crippen LogP contribution is -2.49. The van der Waals surface area contributed by atoms with Gasteiger partial charge in [0.2, 0.25) is 5.91 Å². The predicted molar refractivity (Wildman–Crippen MR) is 85.1 cm³/mol. The predicted octanol–water partition coefficient (Wildman–Crippen LogP) is 1.02. The fourth-order valence-corrected chi connectivity index (χ4v) is 2.96. The van der Waals surface area contributed by atoms with Crippen molar-refractivity contribution in [3.8, 4) is 0 Å². The fraction of sp³-hybridized carbons (Fsp3) is 0.688. The number of aryl methyl sites for hydroxylation is 1. The molecule has 126 valence electrons. The molecule has 2 saturated heterocycles. The zero-order chi connectivity index (χ0) is 16.1. The second-order valence-electron chi connectivity index (χ2n) is 6.11. The van der Waals surface area contributed by atoms with Gasteiger partial charge in [-0.05, 0) is 38.3 Å². The lowest BCUT2D eigenvalue weighted by Gasteiger charge is -2.34. The van der Waals surface area contributed by atoms with Crippen molar-refractivity contribution in [2.75, 3.05) is 31.2 Å². The van der Waals surface area contributed by atoms with E-state index in [0.717, 1.165) is 43.9 Å². The number of piperidine rings is 1. The molecule has 7 heteroatoms. The standard InChI is InChI=1S/C16H24N4O3/c1-12-5-6-14(19-18-12)20-7-2-4-13(11-20)17-15(21)10-16-22-8-3-9-23-16/h5-6,13,16H,2-4,7-11H2,1H3,(H,17,21)/t13-/m1/s1. The van der Waals surface area contributed by atoms with Gasteiger partial charge >= 0.3 is 0 Å². The van der Waals surface area contributed by atoms with Gasteiger partial charge in [0, 0.05) is 19.1 Å². The Labute approximate surface area is 136 Å². The summed E-state index contributed by atoms with van der Waals surface area (Å²) >= 11 is 0. The van der Waals surface area contributed by atoms with Crippen molar-refractivity contribution < 1.29 is 14.3 Å². The maximum atomic E-state index is 12.1. The number of hydrogen-bond donors (Lipinski definition) is 1. The van der Waals surface area contributed by atoms with Gasteiger partial charge in [-0.3, -0.25) is 4.79 Å². The first kappa shape index (κ1) is 16.1. The van der Waals surface area contributed by atoms with Gasteiger partial charge in [0.05, 0.1) is 25.3 Å². The number of anilines is 1. The van der Waals surface area contributed by atoms with Gasteiger partial charge in [0.25, 0.3) is 0 Å². The SMILES string of the molecule is Cc1ccc(N2CCC[C@@H](NC(=O)CC3OCCCO3)C2)nn1. The van der Waals surface area contributed by atoms with Crippen LogP contribution in [0.15, 0.2) is 12.1 Å². The number of nitrogens with zero attached hydrogens (tertiary/aromatic N) is 3. The summed E-state index contributed by atoms with van der Waals surface area (Å²) in [5, 5.41) is 11.4. The van der Waals surface area contributed by atoms with Crippen LogP contribution >= 0.6 is 0 Å². The van der Waals surface area contributed by atoms with E-state index < -0.39 is 6.29 Å². The van der Waals surface area contributed by atoms with Crippen LogP contribution in [0.2, 0.25) is 0 Å². The topological polar surface area (TPSA) is 76.6 Å². The van der Waals surface area contributed by atoms with Crippen LogP contribution in [-0.4, -0.2) is 54.7 Å². The van der Waals surface area contributed by atoms with Crippen molar-refractivity contribution in [2.24, 2.45) is 0 Å². The fourth-order valence-electron chi connectivity index (χ4n) is 2.96. The molecule has 23 heavy (non-hydrogen) atoms. The van der Waals surface area contributed by atoms with Crippen LogP contribution in [0.4, 0.5) is 5.82 Å². The highest BCUT2D eigenvalue weighted by atomic mass is 16.7. The van der Waals surface area contributed by atoms with Gasteiger partial charge < -0.3 is 19.7 Å². The van der Waals surface area contributed by atoms with Crippen molar-refractivity contribution in [3.63, 3.8) is 0 Å². The van der Waals surface area contributed by atoms with Crippen LogP contribution in [0.1, 0.15) is 31.4 Å². The Hall–Kier alpha value is -1.73. The van der Waals surface area contributed by atoms with E-state index in [-0.39, 0.29) is 18.4 Å². The average Bonchev–Trinajstić information content (AvgIpc) is 2.56. The molecule has 1 aromatic rings. The largest absolute Gasteiger partial charge is 0.353 e. The van der Waals surface area contributed by atoms with E-state index in [4.69, 9.17) is 9.47 Å². The summed E-state index contributed by atoms with van der Waals surface area (Å²) in [6, 6.07) is 4.07. The molecule has 1 amide bonds. The van der Waals surface area contributed by atoms with Crippen molar-refractivity contribution >= 4 is 11.7 Å². The average molecular weight is 320 g/mol. The molecule has 0 bridgehead atoms. The highest BCUT2D eigenvalue weighted by molar-refractivity contribution is 5.76. The zero-order valence-electron chi connectivity index (χ0n) is 13.5. The Balaban J connectivity index is 1.49. The molecule has 0 aliphatic carbocycles. The molecule has 2 aliphatic rings. The van der Waals surface area contributed by atoms with Gasteiger partial charge in [-0.25, -0.2) is 0 Å². The van der Waals surface area contributed by atoms with E-state index in [1.165, 1.54) is 0 Å². The molecule has 2 aliphatic heterocycles. The van der Waals surface area contributed by atoms with E-state index in [1.54, 1.807) is 0 Å². The summed E-state index contributed by atoms with van der Waals surface area (Å²) < 4.78 is 10.9. The van der Waals surface area contributed by atoms with Crippen LogP contribution in [0.3, 0.4) is 0 Å². The van der Waals surface area contributed by atoms with Crippen LogP contribution in [-0.2, 0) is 14.3 Å². The molecular weight excluding hydrogens is 296 g/mol. The van der Waals surface area contributed by atoms with E-state index in [2.05, 4.69) is 20.4 Å². The minimum atomic E-state index is -0.397. The van der Waals surface area contributed by atoms with Crippen molar-refractivity contribution in [2.45, 2.75) is 44.9 Å². The number of carbonyl (C=O) groups excluding carboxylic acids is 1. The molecule has 1 N–H and O–H groups in total. The summed E-state index contributed by atoms with van der Waals surface area (Å²) in [6.45, 7) is 4.96. The number of nitrogens with one attached hydrogen (secondary N) is 1. The Kier molecular flexibility index (Phi) is 5.40. The van der Waals surface area contributed by atoms with E-state index in [9.17, 15) is 4.79 Å². The monoisotopic (exact) mass is 320 g/mol. The van der Waals surface area contributed by atoms with Crippen LogP contribution in [0.5, 0.6) is 0 Å². The molecular formula is C16H24N4O3. The third-order valence-electron chi connectivity index (χ3n) is 4.14. The second kappa shape index (κ2) is 7.70. The number of hydrogen-bond acceptors (Lipinski definition) is 6. The molecule has 2 fully saturated rings. The minimum Gasteiger partial charge on any atom is -0.353 e. The summed E-state index contributed by atoms with van der Waals surface area (Å²) in [5.74, 6) is 0.854. The lowest BCUT2D eigenvalue weighted by molar-refractivity contribution is -0.184. The van der Waals surface area contributed by atoms with Crippen molar-refractivity contribution in [1.29, 1.82) is 0 Å². The Bertz CT molecular complexity index is 517. The number of amides is 1. The molecule has 1 aromatic heterocycles. The molecule has 3 rings (SSSR count). The first-order valence-corrected chi connectivity index (χ1v) is 8.28. The Morgan fingerprint density at radius 3 is 2.87 bits per heavy atom. The van der Waals surface area contributed by atoms with Crippen molar-refractivity contribution in [3.05, 3.63) is 17.8 Å². The normalized spacial score (nSPS) is 22.8. The zero-order valence-corrected chi connectivity index (χ0v) is 13.5. The van der Waals surface area contributed by atoms with Gasteiger partial charge in [0.1, 0.15) is 0 Å². The summed E-state index contributed by atoms with van der Waals surface area (Å²) in [6.07, 6.45) is 2.77. The first-order valence-electron chi connectivity index (χ1n) is 8.28. The highest BCUT2D eigenvalue weighted by Crippen LogP contribution is 2.17. The van der Waals surface area contributed by atoms with E-state index >= 15 is 0 Å². The molecule has 0 radical (unpaired) electrons.